The molecule has 8 nitrogen and oxygen atoms in total. The molecule has 1 saturated carbocycles. The van der Waals surface area contributed by atoms with Crippen LogP contribution in [0.4, 0.5) is 0 Å². The Bertz CT molecular complexity index is 1500. The standard InChI is InChI=1S/C31H35N3O5/c1-20(35)23-6-5-22-10-16-33(17-11-24(22)19-23)15-9-21-7-13-31(14-8-21,30(32)39)34-18-12-27(36)25-3-2-4-26(28(25)34)29(37)38/h2-6,12,18-19,21H,7-11,13-17H2,1H3,(H2,32,39)(H,37,38). The number of pyridine rings is 1. The summed E-state index contributed by atoms with van der Waals surface area (Å²) >= 11 is 0. The fourth-order valence-corrected chi connectivity index (χ4v) is 6.47. The quantitative estimate of drug-likeness (QED) is 0.449. The first-order chi connectivity index (χ1) is 18.7. The lowest BCUT2D eigenvalue weighted by molar-refractivity contribution is -0.128. The van der Waals surface area contributed by atoms with E-state index in [2.05, 4.69) is 11.0 Å². The summed E-state index contributed by atoms with van der Waals surface area (Å²) in [7, 11) is 0. The first-order valence-corrected chi connectivity index (χ1v) is 13.7. The molecule has 5 rings (SSSR count). The molecule has 3 N–H and O–H groups in total. The molecular formula is C31H35N3O5. The van der Waals surface area contributed by atoms with Gasteiger partial charge >= 0.3 is 5.97 Å². The molecule has 0 bridgehead atoms. The molecule has 0 saturated heterocycles. The minimum absolute atomic E-state index is 0.00877. The Morgan fingerprint density at radius 2 is 1.74 bits per heavy atom. The summed E-state index contributed by atoms with van der Waals surface area (Å²) in [6.07, 6.45) is 7.02. The highest BCUT2D eigenvalue weighted by Gasteiger charge is 2.43. The minimum atomic E-state index is -1.15. The van der Waals surface area contributed by atoms with E-state index < -0.39 is 17.4 Å². The zero-order valence-corrected chi connectivity index (χ0v) is 22.3. The summed E-state index contributed by atoms with van der Waals surface area (Å²) < 4.78 is 1.66. The fourth-order valence-electron chi connectivity index (χ4n) is 6.47. The topological polar surface area (TPSA) is 123 Å². The number of Topliss-reactive ketones (excluding diaryl/α,β-unsaturated/α-hetero) is 1. The van der Waals surface area contributed by atoms with Gasteiger partial charge in [-0.15, -0.1) is 0 Å². The van der Waals surface area contributed by atoms with Gasteiger partial charge in [0.05, 0.1) is 11.1 Å². The highest BCUT2D eigenvalue weighted by atomic mass is 16.4. The van der Waals surface area contributed by atoms with Crippen LogP contribution in [0, 0.1) is 5.92 Å². The van der Waals surface area contributed by atoms with Crippen LogP contribution in [0.3, 0.4) is 0 Å². The van der Waals surface area contributed by atoms with E-state index in [1.54, 1.807) is 23.6 Å². The second-order valence-electron chi connectivity index (χ2n) is 11.1. The van der Waals surface area contributed by atoms with Crippen LogP contribution in [0.15, 0.2) is 53.5 Å². The number of nitrogens with two attached hydrogens (primary N) is 1. The van der Waals surface area contributed by atoms with Gasteiger partial charge in [0.25, 0.3) is 0 Å². The Kier molecular flexibility index (Phi) is 7.40. The van der Waals surface area contributed by atoms with Crippen molar-refractivity contribution in [2.24, 2.45) is 11.7 Å². The Balaban J connectivity index is 1.29. The van der Waals surface area contributed by atoms with Gasteiger partial charge in [-0.1, -0.05) is 18.2 Å². The molecule has 2 aliphatic rings. The number of carboxylic acid groups (broad SMARTS) is 1. The Morgan fingerprint density at radius 3 is 2.41 bits per heavy atom. The Labute approximate surface area is 227 Å². The lowest BCUT2D eigenvalue weighted by Gasteiger charge is -2.41. The molecule has 0 radical (unpaired) electrons. The second-order valence-corrected chi connectivity index (χ2v) is 11.1. The largest absolute Gasteiger partial charge is 0.478 e. The number of aromatic nitrogens is 1. The summed E-state index contributed by atoms with van der Waals surface area (Å²) in [6, 6.07) is 12.1. The van der Waals surface area contributed by atoms with Crippen molar-refractivity contribution in [1.29, 1.82) is 0 Å². The van der Waals surface area contributed by atoms with Crippen LogP contribution >= 0.6 is 0 Å². The maximum atomic E-state index is 13.0. The first kappa shape index (κ1) is 26.8. The van der Waals surface area contributed by atoms with Crippen molar-refractivity contribution in [3.8, 4) is 0 Å². The molecule has 204 valence electrons. The molecule has 1 aliphatic carbocycles. The molecule has 1 aromatic heterocycles. The number of primary amides is 1. The maximum absolute atomic E-state index is 13.0. The highest BCUT2D eigenvalue weighted by Crippen LogP contribution is 2.41. The van der Waals surface area contributed by atoms with Crippen LogP contribution in [-0.2, 0) is 23.2 Å². The van der Waals surface area contributed by atoms with Gasteiger partial charge in [-0.2, -0.15) is 0 Å². The summed E-state index contributed by atoms with van der Waals surface area (Å²) in [6.45, 7) is 4.50. The lowest BCUT2D eigenvalue weighted by atomic mass is 9.74. The SMILES string of the molecule is CC(=O)c1ccc2c(c1)CCN(CCC1CCC(C(N)=O)(n3ccc(=O)c4cccc(C(=O)O)c43)CC1)CC2. The number of carboxylic acids is 1. The van der Waals surface area contributed by atoms with E-state index in [4.69, 9.17) is 5.73 Å². The zero-order chi connectivity index (χ0) is 27.7. The number of rotatable bonds is 7. The lowest BCUT2D eigenvalue weighted by Crippen LogP contribution is -2.49. The van der Waals surface area contributed by atoms with Gasteiger partial charge in [-0.05, 0) is 93.7 Å². The zero-order valence-electron chi connectivity index (χ0n) is 22.3. The molecular weight excluding hydrogens is 494 g/mol. The van der Waals surface area contributed by atoms with Crippen molar-refractivity contribution < 1.29 is 19.5 Å². The highest BCUT2D eigenvalue weighted by molar-refractivity contribution is 6.02. The predicted molar refractivity (Wildman–Crippen MR) is 149 cm³/mol. The number of nitrogens with zero attached hydrogens (tertiary/aromatic N) is 2. The molecule has 8 heteroatoms. The second kappa shape index (κ2) is 10.8. The third-order valence-corrected chi connectivity index (χ3v) is 8.86. The van der Waals surface area contributed by atoms with Crippen LogP contribution in [0.2, 0.25) is 0 Å². The van der Waals surface area contributed by atoms with Crippen LogP contribution in [0.25, 0.3) is 10.9 Å². The van der Waals surface area contributed by atoms with Crippen molar-refractivity contribution in [3.05, 3.63) is 81.1 Å². The van der Waals surface area contributed by atoms with Crippen molar-refractivity contribution in [2.75, 3.05) is 19.6 Å². The Morgan fingerprint density at radius 1 is 1.03 bits per heavy atom. The molecule has 0 spiro atoms. The number of aromatic carboxylic acids is 1. The van der Waals surface area contributed by atoms with Crippen LogP contribution in [0.5, 0.6) is 0 Å². The maximum Gasteiger partial charge on any atom is 0.337 e. The van der Waals surface area contributed by atoms with Gasteiger partial charge in [-0.3, -0.25) is 14.4 Å². The fraction of sp³-hybridized carbons (Fsp3) is 0.419. The monoisotopic (exact) mass is 529 g/mol. The number of hydrogen-bond donors (Lipinski definition) is 2. The number of carbonyl (C=O) groups is 3. The number of carbonyl (C=O) groups excluding carboxylic acids is 2. The van der Waals surface area contributed by atoms with Crippen LogP contribution in [-0.4, -0.2) is 51.9 Å². The molecule has 0 unspecified atom stereocenters. The molecule has 2 aromatic carbocycles. The normalized spacial score (nSPS) is 21.7. The summed E-state index contributed by atoms with van der Waals surface area (Å²) in [5.74, 6) is -1.12. The van der Waals surface area contributed by atoms with Gasteiger partial charge < -0.3 is 20.3 Å². The van der Waals surface area contributed by atoms with Gasteiger partial charge in [0.1, 0.15) is 5.54 Å². The van der Waals surface area contributed by atoms with Crippen molar-refractivity contribution >= 4 is 28.6 Å². The molecule has 2 heterocycles. The predicted octanol–water partition coefficient (Wildman–Crippen LogP) is 3.76. The molecule has 1 aliphatic heterocycles. The van der Waals surface area contributed by atoms with Crippen molar-refractivity contribution in [3.63, 3.8) is 0 Å². The van der Waals surface area contributed by atoms with Crippen molar-refractivity contribution in [1.82, 2.24) is 9.47 Å². The van der Waals surface area contributed by atoms with Crippen molar-refractivity contribution in [2.45, 2.75) is 57.4 Å². The number of hydrogen-bond acceptors (Lipinski definition) is 5. The van der Waals surface area contributed by atoms with Gasteiger partial charge in [0.15, 0.2) is 11.2 Å². The summed E-state index contributed by atoms with van der Waals surface area (Å²) in [5, 5.41) is 10.1. The number of benzene rings is 2. The number of ketones is 1. The van der Waals surface area contributed by atoms with Gasteiger partial charge in [0, 0.05) is 36.3 Å². The molecule has 3 aromatic rings. The molecule has 0 atom stereocenters. The van der Waals surface area contributed by atoms with E-state index in [1.165, 1.54) is 29.5 Å². The van der Waals surface area contributed by atoms with E-state index in [-0.39, 0.29) is 27.7 Å². The molecule has 39 heavy (non-hydrogen) atoms. The van der Waals surface area contributed by atoms with E-state index in [0.29, 0.717) is 18.8 Å². The summed E-state index contributed by atoms with van der Waals surface area (Å²) in [4.78, 5) is 51.8. The molecule has 1 amide bonds. The average molecular weight is 530 g/mol. The molecule has 1 fully saturated rings. The number of fused-ring (bicyclic) bond motifs is 2. The summed E-state index contributed by atoms with van der Waals surface area (Å²) in [5.41, 5.74) is 8.25. The van der Waals surface area contributed by atoms with E-state index in [0.717, 1.165) is 57.3 Å². The first-order valence-electron chi connectivity index (χ1n) is 13.7. The smallest absolute Gasteiger partial charge is 0.337 e. The van der Waals surface area contributed by atoms with Crippen LogP contribution < -0.4 is 11.2 Å². The van der Waals surface area contributed by atoms with Crippen LogP contribution in [0.1, 0.15) is 70.9 Å². The number of amides is 1. The third kappa shape index (κ3) is 5.13. The minimum Gasteiger partial charge on any atom is -0.478 e. The third-order valence-electron chi connectivity index (χ3n) is 8.86. The van der Waals surface area contributed by atoms with Gasteiger partial charge in [0.2, 0.25) is 5.91 Å². The number of para-hydroxylation sites is 1. The van der Waals surface area contributed by atoms with E-state index in [9.17, 15) is 24.3 Å². The van der Waals surface area contributed by atoms with E-state index in [1.807, 2.05) is 12.1 Å². The average Bonchev–Trinajstić information content (AvgIpc) is 3.14. The Hall–Kier alpha value is -3.78. The van der Waals surface area contributed by atoms with E-state index >= 15 is 0 Å². The van der Waals surface area contributed by atoms with Gasteiger partial charge in [-0.25, -0.2) is 4.79 Å².